The van der Waals surface area contributed by atoms with Gasteiger partial charge in [0.15, 0.2) is 0 Å². The molecule has 2 aliphatic rings. The minimum atomic E-state index is -0.634. The molecule has 0 aliphatic heterocycles. The lowest BCUT2D eigenvalue weighted by atomic mass is 9.84. The van der Waals surface area contributed by atoms with E-state index in [1.165, 1.54) is 12.2 Å². The Kier molecular flexibility index (Phi) is 7.50. The maximum atomic E-state index is 13.2. The van der Waals surface area contributed by atoms with Crippen LogP contribution in [0.3, 0.4) is 0 Å². The second-order valence-electron chi connectivity index (χ2n) is 10.9. The number of fused-ring (bicyclic) bond motifs is 2. The van der Waals surface area contributed by atoms with Crippen LogP contribution in [-0.4, -0.2) is 26.0 Å². The van der Waals surface area contributed by atoms with E-state index in [4.69, 9.17) is 9.47 Å². The van der Waals surface area contributed by atoms with E-state index >= 15 is 0 Å². The van der Waals surface area contributed by atoms with E-state index in [2.05, 4.69) is 22.8 Å². The monoisotopic (exact) mass is 558 g/mol. The van der Waals surface area contributed by atoms with Crippen molar-refractivity contribution < 1.29 is 19.1 Å². The first-order valence-electron chi connectivity index (χ1n) is 14.2. The van der Waals surface area contributed by atoms with Crippen molar-refractivity contribution in [2.75, 3.05) is 14.1 Å². The molecule has 4 aromatic rings. The number of rotatable bonds is 8. The summed E-state index contributed by atoms with van der Waals surface area (Å²) in [6.45, 7) is 0. The van der Waals surface area contributed by atoms with Crippen LogP contribution in [0.1, 0.15) is 45.6 Å². The second-order valence-corrected chi connectivity index (χ2v) is 10.9. The Morgan fingerprint density at radius 1 is 0.595 bits per heavy atom. The molecule has 0 bridgehead atoms. The molecule has 0 radical (unpaired) electrons. The number of benzene rings is 4. The van der Waals surface area contributed by atoms with Crippen LogP contribution >= 0.6 is 0 Å². The van der Waals surface area contributed by atoms with E-state index in [0.717, 1.165) is 33.4 Å². The molecule has 0 heterocycles. The molecule has 42 heavy (non-hydrogen) atoms. The number of likely N-dealkylation sites (N-methyl/N-ethyl adjacent to an activating group) is 2. The van der Waals surface area contributed by atoms with Gasteiger partial charge in [-0.2, -0.15) is 0 Å². The predicted molar refractivity (Wildman–Crippen MR) is 161 cm³/mol. The van der Waals surface area contributed by atoms with Gasteiger partial charge in [0.2, 0.25) is 0 Å². The molecule has 6 nitrogen and oxygen atoms in total. The minimum Gasteiger partial charge on any atom is -0.452 e. The summed E-state index contributed by atoms with van der Waals surface area (Å²) in [6, 6.07) is 36.0. The Balaban J connectivity index is 1.24. The molecule has 0 amide bonds. The van der Waals surface area contributed by atoms with Gasteiger partial charge in [-0.1, -0.05) is 109 Å². The average Bonchev–Trinajstić information content (AvgIpc) is 3.54. The Morgan fingerprint density at radius 2 is 0.952 bits per heavy atom. The molecule has 4 unspecified atom stereocenters. The van der Waals surface area contributed by atoms with E-state index in [9.17, 15) is 9.59 Å². The molecule has 6 heteroatoms. The van der Waals surface area contributed by atoms with Gasteiger partial charge in [-0.3, -0.25) is 0 Å². The molecular weight excluding hydrogens is 524 g/mol. The van der Waals surface area contributed by atoms with Crippen molar-refractivity contribution in [1.82, 2.24) is 10.6 Å². The molecule has 212 valence electrons. The first kappa shape index (κ1) is 27.6. The number of carbonyl (C=O) groups is 2. The van der Waals surface area contributed by atoms with Crippen LogP contribution in [0.5, 0.6) is 0 Å². The first-order chi connectivity index (χ1) is 20.5. The molecule has 4 atom stereocenters. The fraction of sp³-hybridized carbons (Fsp3) is 0.222. The van der Waals surface area contributed by atoms with E-state index in [1.807, 2.05) is 111 Å². The molecule has 2 N–H and O–H groups in total. The topological polar surface area (TPSA) is 76.7 Å². The molecule has 2 aliphatic carbocycles. The number of hydrogen-bond acceptors (Lipinski definition) is 6. The van der Waals surface area contributed by atoms with Gasteiger partial charge in [-0.15, -0.1) is 0 Å². The van der Waals surface area contributed by atoms with Crippen LogP contribution in [0.4, 0.5) is 0 Å². The summed E-state index contributed by atoms with van der Waals surface area (Å²) < 4.78 is 12.2. The average molecular weight is 559 g/mol. The first-order valence-corrected chi connectivity index (χ1v) is 14.2. The highest BCUT2D eigenvalue weighted by molar-refractivity contribution is 5.92. The highest BCUT2D eigenvalue weighted by Gasteiger charge is 2.50. The quantitative estimate of drug-likeness (QED) is 0.221. The third-order valence-corrected chi connectivity index (χ3v) is 8.80. The third-order valence-electron chi connectivity index (χ3n) is 8.80. The lowest BCUT2D eigenvalue weighted by molar-refractivity contribution is -0.150. The van der Waals surface area contributed by atoms with E-state index < -0.39 is 35.2 Å². The summed E-state index contributed by atoms with van der Waals surface area (Å²) in [5.41, 5.74) is 4.90. The van der Waals surface area contributed by atoms with Crippen molar-refractivity contribution in [2.45, 2.75) is 36.1 Å². The molecule has 0 spiro atoms. The van der Waals surface area contributed by atoms with Crippen molar-refractivity contribution in [1.29, 1.82) is 0 Å². The molecule has 0 saturated heterocycles. The van der Waals surface area contributed by atoms with Crippen LogP contribution in [0, 0.1) is 0 Å². The van der Waals surface area contributed by atoms with Crippen molar-refractivity contribution in [3.05, 3.63) is 155 Å². The van der Waals surface area contributed by atoms with Gasteiger partial charge >= 0.3 is 11.9 Å². The van der Waals surface area contributed by atoms with E-state index in [-0.39, 0.29) is 0 Å². The largest absolute Gasteiger partial charge is 0.452 e. The number of carbonyl (C=O) groups excluding carboxylic acids is 2. The van der Waals surface area contributed by atoms with Crippen molar-refractivity contribution in [3.63, 3.8) is 0 Å². The van der Waals surface area contributed by atoms with Crippen LogP contribution < -0.4 is 10.6 Å². The zero-order valence-corrected chi connectivity index (χ0v) is 23.7. The van der Waals surface area contributed by atoms with Crippen molar-refractivity contribution >= 4 is 11.9 Å². The smallest absolute Gasteiger partial charge is 0.331 e. The van der Waals surface area contributed by atoms with Gasteiger partial charge in [0, 0.05) is 12.2 Å². The number of hydrogen-bond donors (Lipinski definition) is 2. The summed E-state index contributed by atoms with van der Waals surface area (Å²) in [7, 11) is 3.76. The highest BCUT2D eigenvalue weighted by Crippen LogP contribution is 2.49. The van der Waals surface area contributed by atoms with Gasteiger partial charge in [0.25, 0.3) is 0 Å². The Labute approximate surface area is 246 Å². The van der Waals surface area contributed by atoms with Gasteiger partial charge in [0.05, 0.1) is 11.1 Å². The second kappa shape index (κ2) is 11.4. The third kappa shape index (κ3) is 4.73. The summed E-state index contributed by atoms with van der Waals surface area (Å²) >= 11 is 0. The van der Waals surface area contributed by atoms with Crippen LogP contribution in [-0.2, 0) is 43.0 Å². The van der Waals surface area contributed by atoms with Crippen LogP contribution in [0.15, 0.2) is 121 Å². The van der Waals surface area contributed by atoms with Gasteiger partial charge in [0.1, 0.15) is 12.2 Å². The number of ether oxygens (including phenoxy) is 2. The van der Waals surface area contributed by atoms with Crippen molar-refractivity contribution in [2.24, 2.45) is 0 Å². The minimum absolute atomic E-state index is 0.578. The predicted octanol–water partition coefficient (Wildman–Crippen LogP) is 5.45. The van der Waals surface area contributed by atoms with E-state index in [0.29, 0.717) is 12.8 Å². The van der Waals surface area contributed by atoms with Crippen LogP contribution in [0.25, 0.3) is 0 Å². The van der Waals surface area contributed by atoms with Crippen molar-refractivity contribution in [3.8, 4) is 0 Å². The zero-order valence-electron chi connectivity index (χ0n) is 23.7. The number of esters is 2. The fourth-order valence-electron chi connectivity index (χ4n) is 6.70. The summed E-state index contributed by atoms with van der Waals surface area (Å²) in [5, 5.41) is 6.90. The molecule has 4 aromatic carbocycles. The zero-order chi connectivity index (χ0) is 29.2. The molecular formula is C36H34N2O4. The maximum Gasteiger partial charge on any atom is 0.331 e. The standard InChI is InChI=1S/C36H34N2O4/c1-37-35(27-15-5-3-6-16-27)23-25-13-9-11-19-29(25)33(35)41-31(39)21-22-32(40)42-34-30-20-12-10-14-26(30)24-36(34,38-2)28-17-7-4-8-18-28/h3-22,33-34,37-38H,23-24H2,1-2H3/b22-21-. The molecule has 6 rings (SSSR count). The Bertz CT molecular complexity index is 1500. The van der Waals surface area contributed by atoms with Gasteiger partial charge in [-0.25, -0.2) is 9.59 Å². The maximum absolute atomic E-state index is 13.2. The Hall–Kier alpha value is -4.52. The summed E-state index contributed by atoms with van der Waals surface area (Å²) in [6.07, 6.45) is 2.51. The van der Waals surface area contributed by atoms with Gasteiger partial charge < -0.3 is 20.1 Å². The lowest BCUT2D eigenvalue weighted by Crippen LogP contribution is -2.45. The van der Waals surface area contributed by atoms with Crippen LogP contribution in [0.2, 0.25) is 0 Å². The highest BCUT2D eigenvalue weighted by atomic mass is 16.6. The molecule has 0 aromatic heterocycles. The SMILES string of the molecule is CNC1(c2ccccc2)Cc2ccccc2C1OC(=O)/C=C\C(=O)OC1c2ccccc2CC1(NC)c1ccccc1. The summed E-state index contributed by atoms with van der Waals surface area (Å²) in [5.74, 6) is -1.22. The molecule has 0 saturated carbocycles. The Morgan fingerprint density at radius 3 is 1.33 bits per heavy atom. The fourth-order valence-corrected chi connectivity index (χ4v) is 6.70. The lowest BCUT2D eigenvalue weighted by Gasteiger charge is -2.35. The van der Waals surface area contributed by atoms with Gasteiger partial charge in [-0.05, 0) is 60.3 Å². The van der Waals surface area contributed by atoms with E-state index in [1.54, 1.807) is 0 Å². The molecule has 0 fully saturated rings. The normalized spacial score (nSPS) is 24.2. The summed E-state index contributed by atoms with van der Waals surface area (Å²) in [4.78, 5) is 26.5. The number of nitrogens with one attached hydrogen (secondary N) is 2.